The zero-order valence-corrected chi connectivity index (χ0v) is 15.0. The van der Waals surface area contributed by atoms with Crippen molar-refractivity contribution in [1.82, 2.24) is 4.98 Å². The highest BCUT2D eigenvalue weighted by Gasteiger charge is 2.24. The van der Waals surface area contributed by atoms with Crippen LogP contribution >= 0.6 is 11.6 Å². The summed E-state index contributed by atoms with van der Waals surface area (Å²) in [6, 6.07) is 10.1. The van der Waals surface area contributed by atoms with E-state index in [1.807, 2.05) is 6.92 Å². The molecule has 6 nitrogen and oxygen atoms in total. The monoisotopic (exact) mass is 372 g/mol. The summed E-state index contributed by atoms with van der Waals surface area (Å²) in [5.74, 6) is -1.05. The Labute approximate surface area is 155 Å². The number of nitrogens with zero attached hydrogens (tertiary/aromatic N) is 1. The molecular formula is C19H17ClN2O4. The number of aryl methyl sites for hydroxylation is 1. The molecule has 0 aliphatic rings. The van der Waals surface area contributed by atoms with Crippen molar-refractivity contribution >= 4 is 40.3 Å². The largest absolute Gasteiger partial charge is 0.449 e. The van der Waals surface area contributed by atoms with Crippen LogP contribution in [0.15, 0.2) is 47.2 Å². The highest BCUT2D eigenvalue weighted by atomic mass is 35.5. The molecule has 1 unspecified atom stereocenters. The lowest BCUT2D eigenvalue weighted by atomic mass is 10.1. The highest BCUT2D eigenvalue weighted by Crippen LogP contribution is 2.22. The Hall–Kier alpha value is -2.86. The van der Waals surface area contributed by atoms with Crippen molar-refractivity contribution in [2.24, 2.45) is 0 Å². The Morgan fingerprint density at radius 1 is 1.31 bits per heavy atom. The van der Waals surface area contributed by atoms with Gasteiger partial charge in [0, 0.05) is 10.7 Å². The van der Waals surface area contributed by atoms with Crippen molar-refractivity contribution in [3.63, 3.8) is 0 Å². The van der Waals surface area contributed by atoms with Crippen LogP contribution in [-0.2, 0) is 9.53 Å². The van der Waals surface area contributed by atoms with E-state index in [0.29, 0.717) is 28.2 Å². The summed E-state index contributed by atoms with van der Waals surface area (Å²) in [4.78, 5) is 29.0. The van der Waals surface area contributed by atoms with Crippen LogP contribution in [0.5, 0.6) is 0 Å². The number of hydrogen-bond donors (Lipinski definition) is 1. The van der Waals surface area contributed by atoms with Crippen LogP contribution < -0.4 is 5.32 Å². The van der Waals surface area contributed by atoms with Crippen LogP contribution in [-0.4, -0.2) is 23.0 Å². The number of amides is 1. The van der Waals surface area contributed by atoms with Crippen molar-refractivity contribution < 1.29 is 18.7 Å². The number of esters is 1. The number of rotatable bonds is 5. The summed E-state index contributed by atoms with van der Waals surface area (Å²) in [7, 11) is 0. The van der Waals surface area contributed by atoms with E-state index in [4.69, 9.17) is 20.8 Å². The predicted octanol–water partition coefficient (Wildman–Crippen LogP) is 4.36. The van der Waals surface area contributed by atoms with Crippen LogP contribution in [0.4, 0.5) is 5.69 Å². The highest BCUT2D eigenvalue weighted by molar-refractivity contribution is 6.31. The average Bonchev–Trinajstić information content (AvgIpc) is 3.11. The molecule has 0 aliphatic carbocycles. The van der Waals surface area contributed by atoms with E-state index in [9.17, 15) is 9.59 Å². The van der Waals surface area contributed by atoms with Gasteiger partial charge in [-0.2, -0.15) is 0 Å². The van der Waals surface area contributed by atoms with Gasteiger partial charge in [-0.05, 0) is 43.2 Å². The van der Waals surface area contributed by atoms with Gasteiger partial charge in [0.05, 0.1) is 5.56 Å². The second kappa shape index (κ2) is 7.58. The van der Waals surface area contributed by atoms with Crippen molar-refractivity contribution in [1.29, 1.82) is 0 Å². The number of nitrogens with one attached hydrogen (secondary N) is 1. The molecule has 1 amide bonds. The number of carbonyl (C=O) groups is 2. The molecule has 0 bridgehead atoms. The Bertz CT molecular complexity index is 967. The summed E-state index contributed by atoms with van der Waals surface area (Å²) in [6.45, 7) is 3.61. The molecule has 1 aromatic heterocycles. The zero-order chi connectivity index (χ0) is 18.7. The van der Waals surface area contributed by atoms with Crippen molar-refractivity contribution in [3.05, 3.63) is 58.9 Å². The summed E-state index contributed by atoms with van der Waals surface area (Å²) in [5, 5.41) is 3.26. The molecule has 0 spiro atoms. The number of benzene rings is 2. The number of oxazole rings is 1. The van der Waals surface area contributed by atoms with Crippen LogP contribution in [0.25, 0.3) is 11.1 Å². The lowest BCUT2D eigenvalue weighted by Crippen LogP contribution is -2.32. The van der Waals surface area contributed by atoms with E-state index >= 15 is 0 Å². The Morgan fingerprint density at radius 3 is 2.88 bits per heavy atom. The molecule has 1 N–H and O–H groups in total. The second-order valence-corrected chi connectivity index (χ2v) is 6.19. The Morgan fingerprint density at radius 2 is 2.12 bits per heavy atom. The topological polar surface area (TPSA) is 81.4 Å². The summed E-state index contributed by atoms with van der Waals surface area (Å²) in [5.41, 5.74) is 2.57. The fourth-order valence-electron chi connectivity index (χ4n) is 2.51. The van der Waals surface area contributed by atoms with Gasteiger partial charge in [-0.1, -0.05) is 30.7 Å². The van der Waals surface area contributed by atoms with E-state index in [0.717, 1.165) is 5.56 Å². The van der Waals surface area contributed by atoms with Gasteiger partial charge in [-0.25, -0.2) is 9.78 Å². The molecule has 1 atom stereocenters. The minimum Gasteiger partial charge on any atom is -0.449 e. The summed E-state index contributed by atoms with van der Waals surface area (Å²) >= 11 is 5.97. The maximum atomic E-state index is 12.5. The normalized spacial score (nSPS) is 12.0. The molecule has 0 saturated heterocycles. The van der Waals surface area contributed by atoms with Crippen LogP contribution in [0.3, 0.4) is 0 Å². The number of para-hydroxylation sites is 1. The third-order valence-electron chi connectivity index (χ3n) is 3.95. The summed E-state index contributed by atoms with van der Waals surface area (Å²) in [6.07, 6.45) is 0.641. The zero-order valence-electron chi connectivity index (χ0n) is 14.3. The number of hydrogen-bond acceptors (Lipinski definition) is 5. The number of halogens is 1. The molecule has 0 fully saturated rings. The van der Waals surface area contributed by atoms with Gasteiger partial charge in [-0.3, -0.25) is 4.79 Å². The standard InChI is InChI=1S/C19H17ClN2O4/c1-3-15(18(23)22-14-9-12(20)8-7-11(14)2)26-19(24)13-5-4-6-16-17(13)21-10-25-16/h4-10,15H,3H2,1-2H3,(H,22,23). The van der Waals surface area contributed by atoms with Crippen LogP contribution in [0.1, 0.15) is 29.3 Å². The maximum Gasteiger partial charge on any atom is 0.341 e. The molecule has 26 heavy (non-hydrogen) atoms. The number of anilines is 1. The van der Waals surface area contributed by atoms with Gasteiger partial charge < -0.3 is 14.5 Å². The van der Waals surface area contributed by atoms with Gasteiger partial charge in [0.2, 0.25) is 0 Å². The number of fused-ring (bicyclic) bond motifs is 1. The third kappa shape index (κ3) is 3.70. The molecule has 1 heterocycles. The van der Waals surface area contributed by atoms with E-state index in [1.54, 1.807) is 43.3 Å². The third-order valence-corrected chi connectivity index (χ3v) is 4.19. The maximum absolute atomic E-state index is 12.5. The molecule has 134 valence electrons. The first-order valence-electron chi connectivity index (χ1n) is 8.09. The minimum absolute atomic E-state index is 0.251. The molecule has 3 aromatic rings. The van der Waals surface area contributed by atoms with E-state index in [1.165, 1.54) is 6.39 Å². The fraction of sp³-hybridized carbons (Fsp3) is 0.211. The van der Waals surface area contributed by atoms with E-state index < -0.39 is 18.0 Å². The SMILES string of the molecule is CCC(OC(=O)c1cccc2ocnc12)C(=O)Nc1cc(Cl)ccc1C. The summed E-state index contributed by atoms with van der Waals surface area (Å²) < 4.78 is 10.6. The molecule has 0 radical (unpaired) electrons. The Balaban J connectivity index is 1.76. The molecule has 2 aromatic carbocycles. The lowest BCUT2D eigenvalue weighted by Gasteiger charge is -2.17. The van der Waals surface area contributed by atoms with E-state index in [2.05, 4.69) is 10.3 Å². The quantitative estimate of drug-likeness (QED) is 0.673. The molecular weight excluding hydrogens is 356 g/mol. The fourth-order valence-corrected chi connectivity index (χ4v) is 2.68. The van der Waals surface area contributed by atoms with Crippen LogP contribution in [0, 0.1) is 6.92 Å². The number of aromatic nitrogens is 1. The minimum atomic E-state index is -0.942. The van der Waals surface area contributed by atoms with Crippen molar-refractivity contribution in [3.8, 4) is 0 Å². The van der Waals surface area contributed by atoms with Gasteiger partial charge in [-0.15, -0.1) is 0 Å². The average molecular weight is 373 g/mol. The Kier molecular flexibility index (Phi) is 5.23. The van der Waals surface area contributed by atoms with Gasteiger partial charge >= 0.3 is 5.97 Å². The number of ether oxygens (including phenoxy) is 1. The predicted molar refractivity (Wildman–Crippen MR) is 98.3 cm³/mol. The first-order valence-corrected chi connectivity index (χ1v) is 8.47. The van der Waals surface area contributed by atoms with Crippen molar-refractivity contribution in [2.75, 3.05) is 5.32 Å². The van der Waals surface area contributed by atoms with Crippen molar-refractivity contribution in [2.45, 2.75) is 26.4 Å². The van der Waals surface area contributed by atoms with Gasteiger partial charge in [0.15, 0.2) is 18.1 Å². The molecule has 3 rings (SSSR count). The van der Waals surface area contributed by atoms with Gasteiger partial charge in [0.25, 0.3) is 5.91 Å². The van der Waals surface area contributed by atoms with Crippen LogP contribution in [0.2, 0.25) is 5.02 Å². The number of carbonyl (C=O) groups excluding carboxylic acids is 2. The van der Waals surface area contributed by atoms with E-state index in [-0.39, 0.29) is 5.56 Å². The first-order chi connectivity index (χ1) is 12.5. The molecule has 0 aliphatic heterocycles. The molecule has 0 saturated carbocycles. The second-order valence-electron chi connectivity index (χ2n) is 5.76. The van der Waals surface area contributed by atoms with Gasteiger partial charge in [0.1, 0.15) is 5.52 Å². The lowest BCUT2D eigenvalue weighted by molar-refractivity contribution is -0.124. The first kappa shape index (κ1) is 17.9. The smallest absolute Gasteiger partial charge is 0.341 e. The molecule has 7 heteroatoms.